The summed E-state index contributed by atoms with van der Waals surface area (Å²) in [5, 5.41) is 7.44. The third-order valence-corrected chi connectivity index (χ3v) is 2.98. The second-order valence-electron chi connectivity index (χ2n) is 3.95. The van der Waals surface area contributed by atoms with Gasteiger partial charge in [-0.25, -0.2) is 0 Å². The van der Waals surface area contributed by atoms with Crippen LogP contribution in [0.15, 0.2) is 4.52 Å². The first-order chi connectivity index (χ1) is 7.45. The van der Waals surface area contributed by atoms with Gasteiger partial charge in [-0.15, -0.1) is 0 Å². The summed E-state index contributed by atoms with van der Waals surface area (Å²) in [4.78, 5) is 2.25. The lowest BCUT2D eigenvalue weighted by atomic mass is 10.1. The van der Waals surface area contributed by atoms with Crippen LogP contribution in [0, 0.1) is 0 Å². The smallest absolute Gasteiger partial charge is 0.233 e. The molecule has 2 aliphatic heterocycles. The van der Waals surface area contributed by atoms with E-state index >= 15 is 0 Å². The molecule has 1 N–H and O–H groups in total. The van der Waals surface area contributed by atoms with E-state index in [1.54, 1.807) is 0 Å². The molecule has 0 unspecified atom stereocenters. The van der Waals surface area contributed by atoms with Crippen LogP contribution < -0.4 is 10.2 Å². The van der Waals surface area contributed by atoms with Crippen molar-refractivity contribution in [2.75, 3.05) is 37.7 Å². The predicted molar refractivity (Wildman–Crippen MR) is 54.9 cm³/mol. The highest BCUT2D eigenvalue weighted by atomic mass is 16.5. The Hall–Kier alpha value is -1.07. The second kappa shape index (κ2) is 3.83. The van der Waals surface area contributed by atoms with Gasteiger partial charge in [0.05, 0.1) is 24.5 Å². The molecule has 0 atom stereocenters. The molecule has 15 heavy (non-hydrogen) atoms. The van der Waals surface area contributed by atoms with Gasteiger partial charge in [0.2, 0.25) is 5.88 Å². The minimum absolute atomic E-state index is 0.651. The van der Waals surface area contributed by atoms with Crippen molar-refractivity contribution < 1.29 is 9.26 Å². The number of hydrogen-bond acceptors (Lipinski definition) is 5. The van der Waals surface area contributed by atoms with Crippen LogP contribution in [0.4, 0.5) is 5.88 Å². The van der Waals surface area contributed by atoms with Crippen molar-refractivity contribution >= 4 is 5.88 Å². The van der Waals surface area contributed by atoms with Gasteiger partial charge in [-0.05, 0) is 0 Å². The van der Waals surface area contributed by atoms with Crippen molar-refractivity contribution in [2.24, 2.45) is 0 Å². The Morgan fingerprint density at radius 1 is 1.27 bits per heavy atom. The largest absolute Gasteiger partial charge is 0.376 e. The molecule has 0 amide bonds. The Kier molecular flexibility index (Phi) is 2.34. The maximum absolute atomic E-state index is 5.44. The standard InChI is InChI=1S/C10H15N3O2/c1-6-14-7-8-9(1)12-15-10(8)13-4-2-11-3-5-13/h11H,1-7H2. The predicted octanol–water partition coefficient (Wildman–Crippen LogP) is 0.157. The van der Waals surface area contributed by atoms with Gasteiger partial charge in [-0.2, -0.15) is 0 Å². The van der Waals surface area contributed by atoms with E-state index in [0.29, 0.717) is 6.61 Å². The van der Waals surface area contributed by atoms with Gasteiger partial charge in [0.15, 0.2) is 0 Å². The summed E-state index contributed by atoms with van der Waals surface area (Å²) in [7, 11) is 0. The van der Waals surface area contributed by atoms with Crippen molar-refractivity contribution in [3.05, 3.63) is 11.3 Å². The van der Waals surface area contributed by atoms with Gasteiger partial charge in [-0.1, -0.05) is 5.16 Å². The zero-order valence-corrected chi connectivity index (χ0v) is 8.66. The molecule has 0 spiro atoms. The first-order valence-electron chi connectivity index (χ1n) is 5.46. The average molecular weight is 209 g/mol. The molecule has 0 aromatic carbocycles. The van der Waals surface area contributed by atoms with E-state index in [9.17, 15) is 0 Å². The Balaban J connectivity index is 1.87. The summed E-state index contributed by atoms with van der Waals surface area (Å²) in [5.74, 6) is 0.922. The summed E-state index contributed by atoms with van der Waals surface area (Å²) in [6, 6.07) is 0. The van der Waals surface area contributed by atoms with Crippen LogP contribution in [0.3, 0.4) is 0 Å². The fourth-order valence-electron chi connectivity index (χ4n) is 2.13. The molecule has 2 aliphatic rings. The summed E-state index contributed by atoms with van der Waals surface area (Å²) in [6.45, 7) is 5.41. The normalized spacial score (nSPS) is 21.5. The molecule has 1 fully saturated rings. The maximum Gasteiger partial charge on any atom is 0.233 e. The van der Waals surface area contributed by atoms with Crippen LogP contribution in [-0.4, -0.2) is 37.9 Å². The lowest BCUT2D eigenvalue weighted by molar-refractivity contribution is 0.110. The van der Waals surface area contributed by atoms with E-state index in [1.807, 2.05) is 0 Å². The lowest BCUT2D eigenvalue weighted by Gasteiger charge is -2.27. The van der Waals surface area contributed by atoms with E-state index < -0.39 is 0 Å². The van der Waals surface area contributed by atoms with Crippen LogP contribution in [0.2, 0.25) is 0 Å². The number of piperazine rings is 1. The molecule has 5 heteroatoms. The topological polar surface area (TPSA) is 50.5 Å². The summed E-state index contributed by atoms with van der Waals surface area (Å²) < 4.78 is 10.9. The van der Waals surface area contributed by atoms with Crippen LogP contribution >= 0.6 is 0 Å². The molecule has 1 aromatic heterocycles. The third-order valence-electron chi connectivity index (χ3n) is 2.98. The number of hydrogen-bond donors (Lipinski definition) is 1. The highest BCUT2D eigenvalue weighted by molar-refractivity contribution is 5.47. The van der Waals surface area contributed by atoms with Gasteiger partial charge in [0.25, 0.3) is 0 Å². The van der Waals surface area contributed by atoms with Crippen LogP contribution in [-0.2, 0) is 17.8 Å². The van der Waals surface area contributed by atoms with Crippen molar-refractivity contribution in [3.63, 3.8) is 0 Å². The van der Waals surface area contributed by atoms with Crippen LogP contribution in [0.5, 0.6) is 0 Å². The summed E-state index contributed by atoms with van der Waals surface area (Å²) >= 11 is 0. The molecule has 3 rings (SSSR count). The number of nitrogens with one attached hydrogen (secondary N) is 1. The van der Waals surface area contributed by atoms with Gasteiger partial charge in [-0.3, -0.25) is 0 Å². The number of aromatic nitrogens is 1. The highest BCUT2D eigenvalue weighted by Gasteiger charge is 2.24. The maximum atomic E-state index is 5.44. The molecular weight excluding hydrogens is 194 g/mol. The number of fused-ring (bicyclic) bond motifs is 1. The molecule has 0 aliphatic carbocycles. The molecule has 1 aromatic rings. The van der Waals surface area contributed by atoms with Crippen molar-refractivity contribution in [1.82, 2.24) is 10.5 Å². The first kappa shape index (κ1) is 9.18. The average Bonchev–Trinajstić information content (AvgIpc) is 2.74. The van der Waals surface area contributed by atoms with Gasteiger partial charge in [0.1, 0.15) is 0 Å². The number of anilines is 1. The SMILES string of the molecule is C1CN(c2onc3c2COCC3)CCN1. The van der Waals surface area contributed by atoms with Crippen molar-refractivity contribution in [2.45, 2.75) is 13.0 Å². The van der Waals surface area contributed by atoms with E-state index in [4.69, 9.17) is 9.26 Å². The molecule has 82 valence electrons. The van der Waals surface area contributed by atoms with Crippen LogP contribution in [0.1, 0.15) is 11.3 Å². The lowest BCUT2D eigenvalue weighted by Crippen LogP contribution is -2.43. The van der Waals surface area contributed by atoms with Gasteiger partial charge < -0.3 is 19.5 Å². The zero-order valence-electron chi connectivity index (χ0n) is 8.66. The van der Waals surface area contributed by atoms with Crippen molar-refractivity contribution in [1.29, 1.82) is 0 Å². The van der Waals surface area contributed by atoms with E-state index in [-0.39, 0.29) is 0 Å². The van der Waals surface area contributed by atoms with Gasteiger partial charge in [0, 0.05) is 32.6 Å². The minimum Gasteiger partial charge on any atom is -0.376 e. The van der Waals surface area contributed by atoms with E-state index in [0.717, 1.165) is 56.3 Å². The first-order valence-corrected chi connectivity index (χ1v) is 5.46. The molecule has 1 saturated heterocycles. The fourth-order valence-corrected chi connectivity index (χ4v) is 2.13. The van der Waals surface area contributed by atoms with E-state index in [2.05, 4.69) is 15.4 Å². The highest BCUT2D eigenvalue weighted by Crippen LogP contribution is 2.27. The Morgan fingerprint density at radius 3 is 3.00 bits per heavy atom. The Bertz CT molecular complexity index is 344. The Morgan fingerprint density at radius 2 is 2.13 bits per heavy atom. The molecule has 3 heterocycles. The third kappa shape index (κ3) is 1.61. The van der Waals surface area contributed by atoms with E-state index in [1.165, 1.54) is 0 Å². The zero-order chi connectivity index (χ0) is 10.1. The number of nitrogens with zero attached hydrogens (tertiary/aromatic N) is 2. The van der Waals surface area contributed by atoms with Crippen LogP contribution in [0.25, 0.3) is 0 Å². The molecule has 0 saturated carbocycles. The second-order valence-corrected chi connectivity index (χ2v) is 3.95. The Labute approximate surface area is 88.4 Å². The monoisotopic (exact) mass is 209 g/mol. The summed E-state index contributed by atoms with van der Waals surface area (Å²) in [6.07, 6.45) is 0.880. The molecular formula is C10H15N3O2. The number of ether oxygens (including phenoxy) is 1. The quantitative estimate of drug-likeness (QED) is 0.714. The summed E-state index contributed by atoms with van der Waals surface area (Å²) in [5.41, 5.74) is 2.23. The van der Waals surface area contributed by atoms with Gasteiger partial charge >= 0.3 is 0 Å². The minimum atomic E-state index is 0.651. The van der Waals surface area contributed by atoms with Crippen molar-refractivity contribution in [3.8, 4) is 0 Å². The molecule has 0 bridgehead atoms. The number of rotatable bonds is 1. The molecule has 5 nitrogen and oxygen atoms in total. The fraction of sp³-hybridized carbons (Fsp3) is 0.700. The molecule has 0 radical (unpaired) electrons.